The van der Waals surface area contributed by atoms with Gasteiger partial charge < -0.3 is 9.64 Å². The SMILES string of the molecule is O=C(c1cnc(N2CCC(Oc3ccccc3C(F)(F)F)CC2)s1)C(F)(F)F.c1ccccc1. The van der Waals surface area contributed by atoms with Crippen LogP contribution in [0.2, 0.25) is 0 Å². The molecule has 4 nitrogen and oxygen atoms in total. The highest BCUT2D eigenvalue weighted by atomic mass is 32.1. The van der Waals surface area contributed by atoms with Crippen LogP contribution in [0.25, 0.3) is 0 Å². The van der Waals surface area contributed by atoms with Crippen LogP contribution in [0.15, 0.2) is 66.9 Å². The van der Waals surface area contributed by atoms with Gasteiger partial charge in [0.25, 0.3) is 5.78 Å². The van der Waals surface area contributed by atoms with E-state index in [4.69, 9.17) is 4.74 Å². The fraction of sp³-hybridized carbons (Fsp3) is 0.304. The number of carbonyl (C=O) groups excluding carboxylic acids is 1. The highest BCUT2D eigenvalue weighted by Crippen LogP contribution is 2.37. The molecular formula is C23H20F6N2O2S. The van der Waals surface area contributed by atoms with Crippen molar-refractivity contribution in [3.8, 4) is 5.75 Å². The van der Waals surface area contributed by atoms with Gasteiger partial charge in [0.15, 0.2) is 5.13 Å². The predicted molar refractivity (Wildman–Crippen MR) is 116 cm³/mol. The third kappa shape index (κ3) is 6.96. The van der Waals surface area contributed by atoms with Crippen molar-refractivity contribution in [1.82, 2.24) is 4.98 Å². The molecule has 1 aliphatic rings. The molecule has 4 rings (SSSR count). The molecule has 0 bridgehead atoms. The van der Waals surface area contributed by atoms with E-state index in [0.717, 1.165) is 12.3 Å². The molecule has 0 amide bonds. The van der Waals surface area contributed by atoms with E-state index in [-0.39, 0.29) is 10.9 Å². The minimum Gasteiger partial charge on any atom is -0.490 e. The van der Waals surface area contributed by atoms with E-state index in [9.17, 15) is 31.1 Å². The van der Waals surface area contributed by atoms with E-state index in [1.807, 2.05) is 36.4 Å². The molecule has 2 heterocycles. The second-order valence-corrected chi connectivity index (χ2v) is 8.30. The van der Waals surface area contributed by atoms with E-state index in [2.05, 4.69) is 4.98 Å². The molecule has 0 atom stereocenters. The highest BCUT2D eigenvalue weighted by molar-refractivity contribution is 7.17. The van der Waals surface area contributed by atoms with Crippen molar-refractivity contribution in [3.05, 3.63) is 77.3 Å². The predicted octanol–water partition coefficient (Wildman–Crippen LogP) is 6.64. The molecule has 2 aromatic carbocycles. The van der Waals surface area contributed by atoms with E-state index >= 15 is 0 Å². The maximum atomic E-state index is 13.0. The largest absolute Gasteiger partial charge is 0.490 e. The second kappa shape index (κ2) is 10.9. The van der Waals surface area contributed by atoms with Crippen LogP contribution in [0.1, 0.15) is 28.1 Å². The summed E-state index contributed by atoms with van der Waals surface area (Å²) in [6.07, 6.45) is -8.33. The first-order valence-corrected chi connectivity index (χ1v) is 11.0. The van der Waals surface area contributed by atoms with Gasteiger partial charge in [-0.25, -0.2) is 4.98 Å². The number of ketones is 1. The third-order valence-corrected chi connectivity index (χ3v) is 5.90. The number of hydrogen-bond acceptors (Lipinski definition) is 5. The molecule has 182 valence electrons. The normalized spacial score (nSPS) is 14.8. The molecule has 1 saturated heterocycles. The number of alkyl halides is 6. The van der Waals surface area contributed by atoms with E-state index < -0.39 is 34.7 Å². The smallest absolute Gasteiger partial charge is 0.455 e. The number of ether oxygens (including phenoxy) is 1. The summed E-state index contributed by atoms with van der Waals surface area (Å²) >= 11 is 0.641. The Labute approximate surface area is 195 Å². The van der Waals surface area contributed by atoms with Crippen LogP contribution in [0.4, 0.5) is 31.5 Å². The van der Waals surface area contributed by atoms with Crippen molar-refractivity contribution in [2.24, 2.45) is 0 Å². The number of rotatable bonds is 4. The first-order chi connectivity index (χ1) is 16.1. The Morgan fingerprint density at radius 1 is 0.912 bits per heavy atom. The molecule has 0 aliphatic carbocycles. The molecule has 0 N–H and O–H groups in total. The van der Waals surface area contributed by atoms with Crippen LogP contribution in [0.3, 0.4) is 0 Å². The van der Waals surface area contributed by atoms with Crippen LogP contribution in [0.5, 0.6) is 5.75 Å². The number of Topliss-reactive ketones (excluding diaryl/α,β-unsaturated/α-hetero) is 1. The molecule has 3 aromatic rings. The van der Waals surface area contributed by atoms with Gasteiger partial charge in [0, 0.05) is 25.9 Å². The quantitative estimate of drug-likeness (QED) is 0.296. The van der Waals surface area contributed by atoms with Gasteiger partial charge in [0.2, 0.25) is 0 Å². The fourth-order valence-electron chi connectivity index (χ4n) is 3.19. The molecule has 1 aromatic heterocycles. The summed E-state index contributed by atoms with van der Waals surface area (Å²) in [7, 11) is 0. The molecule has 0 unspecified atom stereocenters. The number of halogens is 6. The Hall–Kier alpha value is -3.08. The Balaban J connectivity index is 0.000000469. The van der Waals surface area contributed by atoms with Gasteiger partial charge in [-0.15, -0.1) is 0 Å². The molecule has 1 aliphatic heterocycles. The Kier molecular flexibility index (Phi) is 8.19. The lowest BCUT2D eigenvalue weighted by atomic mass is 10.1. The van der Waals surface area contributed by atoms with Gasteiger partial charge in [0.1, 0.15) is 16.7 Å². The van der Waals surface area contributed by atoms with E-state index in [0.29, 0.717) is 37.3 Å². The number of piperidine rings is 1. The molecule has 34 heavy (non-hydrogen) atoms. The lowest BCUT2D eigenvalue weighted by molar-refractivity contribution is -0.139. The van der Waals surface area contributed by atoms with Crippen molar-refractivity contribution in [2.45, 2.75) is 31.3 Å². The molecule has 11 heteroatoms. The van der Waals surface area contributed by atoms with Crippen LogP contribution in [0, 0.1) is 0 Å². The monoisotopic (exact) mass is 502 g/mol. The first-order valence-electron chi connectivity index (χ1n) is 10.2. The standard InChI is InChI=1S/C17H14F6N2O2S.C6H6/c18-16(19,20)11-3-1-2-4-12(11)27-10-5-7-25(8-6-10)15-24-9-13(28-15)14(26)17(21,22)23;1-2-4-6-5-3-1/h1-4,9-10H,5-8H2;1-6H. The summed E-state index contributed by atoms with van der Waals surface area (Å²) in [5.41, 5.74) is -0.854. The van der Waals surface area contributed by atoms with Crippen molar-refractivity contribution in [2.75, 3.05) is 18.0 Å². The lowest BCUT2D eigenvalue weighted by Crippen LogP contribution is -2.38. The number of para-hydroxylation sites is 1. The summed E-state index contributed by atoms with van der Waals surface area (Å²) in [6, 6.07) is 16.9. The highest BCUT2D eigenvalue weighted by Gasteiger charge is 2.41. The van der Waals surface area contributed by atoms with Gasteiger partial charge in [-0.1, -0.05) is 59.9 Å². The van der Waals surface area contributed by atoms with Gasteiger partial charge in [-0.05, 0) is 12.1 Å². The molecule has 0 radical (unpaired) electrons. The number of aromatic nitrogens is 1. The number of thiazole rings is 1. The van der Waals surface area contributed by atoms with Crippen LogP contribution in [-0.2, 0) is 6.18 Å². The zero-order valence-corrected chi connectivity index (χ0v) is 18.5. The fourth-order valence-corrected chi connectivity index (χ4v) is 4.12. The van der Waals surface area contributed by atoms with Crippen LogP contribution in [-0.4, -0.2) is 36.1 Å². The minimum atomic E-state index is -4.96. The maximum absolute atomic E-state index is 13.0. The molecule has 1 fully saturated rings. The summed E-state index contributed by atoms with van der Waals surface area (Å²) in [6.45, 7) is 0.679. The number of anilines is 1. The van der Waals surface area contributed by atoms with Crippen molar-refractivity contribution in [3.63, 3.8) is 0 Å². The maximum Gasteiger partial charge on any atom is 0.455 e. The van der Waals surface area contributed by atoms with Crippen molar-refractivity contribution < 1.29 is 35.9 Å². The summed E-state index contributed by atoms with van der Waals surface area (Å²) < 4.78 is 82.1. The summed E-state index contributed by atoms with van der Waals surface area (Å²) in [5.74, 6) is -2.20. The van der Waals surface area contributed by atoms with Crippen molar-refractivity contribution in [1.29, 1.82) is 0 Å². The summed E-state index contributed by atoms with van der Waals surface area (Å²) in [5, 5.41) is 0.266. The zero-order chi connectivity index (χ0) is 24.8. The zero-order valence-electron chi connectivity index (χ0n) is 17.6. The number of carbonyl (C=O) groups is 1. The lowest BCUT2D eigenvalue weighted by Gasteiger charge is -2.32. The van der Waals surface area contributed by atoms with Gasteiger partial charge in [-0.2, -0.15) is 26.3 Å². The van der Waals surface area contributed by atoms with E-state index in [1.54, 1.807) is 4.90 Å². The summed E-state index contributed by atoms with van der Waals surface area (Å²) in [4.78, 5) is 16.3. The van der Waals surface area contributed by atoms with E-state index in [1.165, 1.54) is 18.2 Å². The average molecular weight is 502 g/mol. The number of hydrogen-bond donors (Lipinski definition) is 0. The second-order valence-electron chi connectivity index (χ2n) is 7.29. The molecule has 0 saturated carbocycles. The number of benzene rings is 2. The van der Waals surface area contributed by atoms with Gasteiger partial charge in [-0.3, -0.25) is 4.79 Å². The van der Waals surface area contributed by atoms with Gasteiger partial charge >= 0.3 is 12.4 Å². The van der Waals surface area contributed by atoms with Crippen LogP contribution < -0.4 is 9.64 Å². The minimum absolute atomic E-state index is 0.249. The van der Waals surface area contributed by atoms with Gasteiger partial charge in [0.05, 0.1) is 11.8 Å². The molecular weight excluding hydrogens is 482 g/mol. The first kappa shape index (κ1) is 25.5. The Morgan fingerprint density at radius 3 is 2.00 bits per heavy atom. The average Bonchev–Trinajstić information content (AvgIpc) is 3.30. The Morgan fingerprint density at radius 2 is 1.47 bits per heavy atom. The number of nitrogens with zero attached hydrogens (tertiary/aromatic N) is 2. The third-order valence-electron chi connectivity index (χ3n) is 4.84. The van der Waals surface area contributed by atoms with Crippen LogP contribution >= 0.6 is 11.3 Å². The topological polar surface area (TPSA) is 42.4 Å². The Bertz CT molecular complexity index is 1030. The molecule has 0 spiro atoms. The van der Waals surface area contributed by atoms with Crippen molar-refractivity contribution >= 4 is 22.3 Å².